The third-order valence-electron chi connectivity index (χ3n) is 3.41. The van der Waals surface area contributed by atoms with Crippen LogP contribution in [0.1, 0.15) is 30.5 Å². The van der Waals surface area contributed by atoms with E-state index in [-0.39, 0.29) is 5.54 Å². The molecule has 0 radical (unpaired) electrons. The van der Waals surface area contributed by atoms with E-state index < -0.39 is 0 Å². The lowest BCUT2D eigenvalue weighted by Gasteiger charge is -2.24. The molecule has 0 unspecified atom stereocenters. The molecule has 0 spiro atoms. The molecule has 18 heavy (non-hydrogen) atoms. The van der Waals surface area contributed by atoms with Gasteiger partial charge in [-0.2, -0.15) is 0 Å². The van der Waals surface area contributed by atoms with Crippen molar-refractivity contribution in [3.8, 4) is 5.75 Å². The predicted octanol–water partition coefficient (Wildman–Crippen LogP) is 2.40. The number of rotatable bonds is 6. The largest absolute Gasteiger partial charge is 0.496 e. The smallest absolute Gasteiger partial charge is 0.122 e. The van der Waals surface area contributed by atoms with Crippen LogP contribution in [0.3, 0.4) is 0 Å². The maximum absolute atomic E-state index is 5.33. The second-order valence-electron chi connectivity index (χ2n) is 5.49. The minimum atomic E-state index is 0.120. The molecular formula is C15H26N2O. The van der Waals surface area contributed by atoms with E-state index in [2.05, 4.69) is 50.5 Å². The summed E-state index contributed by atoms with van der Waals surface area (Å²) in [5, 5.41) is 6.78. The van der Waals surface area contributed by atoms with E-state index in [0.29, 0.717) is 0 Å². The van der Waals surface area contributed by atoms with Crippen LogP contribution in [0.25, 0.3) is 0 Å². The molecule has 0 aromatic heterocycles. The van der Waals surface area contributed by atoms with Crippen LogP contribution in [-0.2, 0) is 6.54 Å². The summed E-state index contributed by atoms with van der Waals surface area (Å²) in [4.78, 5) is 0. The van der Waals surface area contributed by atoms with Crippen LogP contribution in [0.5, 0.6) is 5.75 Å². The van der Waals surface area contributed by atoms with E-state index in [1.807, 2.05) is 7.05 Å². The van der Waals surface area contributed by atoms with Crippen LogP contribution in [-0.4, -0.2) is 26.2 Å². The van der Waals surface area contributed by atoms with Crippen LogP contribution in [0.4, 0.5) is 0 Å². The lowest BCUT2D eigenvalue weighted by atomic mass is 10.0. The Morgan fingerprint density at radius 2 is 1.83 bits per heavy atom. The molecule has 0 bridgehead atoms. The Hall–Kier alpha value is -1.06. The van der Waals surface area contributed by atoms with Gasteiger partial charge in [0, 0.05) is 18.6 Å². The van der Waals surface area contributed by atoms with Gasteiger partial charge in [-0.1, -0.05) is 6.07 Å². The summed E-state index contributed by atoms with van der Waals surface area (Å²) in [7, 11) is 3.71. The molecule has 3 heteroatoms. The van der Waals surface area contributed by atoms with Crippen molar-refractivity contribution in [1.82, 2.24) is 10.6 Å². The molecule has 0 amide bonds. The summed E-state index contributed by atoms with van der Waals surface area (Å²) in [6.45, 7) is 10.4. The molecular weight excluding hydrogens is 224 g/mol. The van der Waals surface area contributed by atoms with Gasteiger partial charge in [0.05, 0.1) is 7.11 Å². The predicted molar refractivity (Wildman–Crippen MR) is 77.3 cm³/mol. The van der Waals surface area contributed by atoms with Gasteiger partial charge in [-0.15, -0.1) is 0 Å². The van der Waals surface area contributed by atoms with Gasteiger partial charge in [-0.25, -0.2) is 0 Å². The van der Waals surface area contributed by atoms with Gasteiger partial charge in [0.15, 0.2) is 0 Å². The first kappa shape index (κ1) is 15.0. The third-order valence-corrected chi connectivity index (χ3v) is 3.41. The molecule has 1 rings (SSSR count). The third kappa shape index (κ3) is 4.00. The molecule has 0 saturated heterocycles. The van der Waals surface area contributed by atoms with E-state index >= 15 is 0 Å². The SMILES string of the molecule is CNC(C)(C)CNCc1cc(C)c(OC)cc1C. The van der Waals surface area contributed by atoms with Crippen molar-refractivity contribution >= 4 is 0 Å². The van der Waals surface area contributed by atoms with Gasteiger partial charge in [0.2, 0.25) is 0 Å². The van der Waals surface area contributed by atoms with Crippen molar-refractivity contribution in [2.75, 3.05) is 20.7 Å². The quantitative estimate of drug-likeness (QED) is 0.813. The van der Waals surface area contributed by atoms with Crippen molar-refractivity contribution in [1.29, 1.82) is 0 Å². The van der Waals surface area contributed by atoms with E-state index in [4.69, 9.17) is 4.74 Å². The lowest BCUT2D eigenvalue weighted by molar-refractivity contribution is 0.392. The van der Waals surface area contributed by atoms with Crippen LogP contribution < -0.4 is 15.4 Å². The zero-order valence-corrected chi connectivity index (χ0v) is 12.5. The molecule has 0 aliphatic heterocycles. The Labute approximate surface area is 111 Å². The number of likely N-dealkylation sites (N-methyl/N-ethyl adjacent to an activating group) is 1. The van der Waals surface area contributed by atoms with E-state index in [9.17, 15) is 0 Å². The standard InChI is InChI=1S/C15H26N2O/c1-11-8-14(18-6)12(2)7-13(11)9-17-10-15(3,4)16-5/h7-8,16-17H,9-10H2,1-6H3. The Bertz CT molecular complexity index is 400. The molecule has 2 N–H and O–H groups in total. The highest BCUT2D eigenvalue weighted by molar-refractivity contribution is 5.41. The number of hydrogen-bond donors (Lipinski definition) is 2. The average Bonchev–Trinajstić information content (AvgIpc) is 2.33. The van der Waals surface area contributed by atoms with Crippen molar-refractivity contribution in [3.63, 3.8) is 0 Å². The molecule has 0 saturated carbocycles. The minimum absolute atomic E-state index is 0.120. The molecule has 0 aliphatic rings. The number of hydrogen-bond acceptors (Lipinski definition) is 3. The summed E-state index contributed by atoms with van der Waals surface area (Å²) in [5.41, 5.74) is 3.91. The maximum Gasteiger partial charge on any atom is 0.122 e. The van der Waals surface area contributed by atoms with Gasteiger partial charge in [0.25, 0.3) is 0 Å². The summed E-state index contributed by atoms with van der Waals surface area (Å²) in [6.07, 6.45) is 0. The molecule has 0 aliphatic carbocycles. The molecule has 1 aromatic carbocycles. The molecule has 102 valence electrons. The number of ether oxygens (including phenoxy) is 1. The highest BCUT2D eigenvalue weighted by Crippen LogP contribution is 2.22. The number of aryl methyl sites for hydroxylation is 2. The van der Waals surface area contributed by atoms with Gasteiger partial charge < -0.3 is 15.4 Å². The van der Waals surface area contributed by atoms with Crippen LogP contribution in [0, 0.1) is 13.8 Å². The lowest BCUT2D eigenvalue weighted by Crippen LogP contribution is -2.45. The van der Waals surface area contributed by atoms with Gasteiger partial charge in [-0.05, 0) is 57.5 Å². The first-order valence-electron chi connectivity index (χ1n) is 6.43. The average molecular weight is 250 g/mol. The Kier molecular flexibility index (Phi) is 5.17. The maximum atomic E-state index is 5.33. The number of benzene rings is 1. The zero-order valence-electron chi connectivity index (χ0n) is 12.5. The summed E-state index contributed by atoms with van der Waals surface area (Å²) >= 11 is 0. The van der Waals surface area contributed by atoms with Gasteiger partial charge in [0.1, 0.15) is 5.75 Å². The fourth-order valence-corrected chi connectivity index (χ4v) is 1.86. The zero-order chi connectivity index (χ0) is 13.8. The topological polar surface area (TPSA) is 33.3 Å². The molecule has 0 fully saturated rings. The fourth-order valence-electron chi connectivity index (χ4n) is 1.86. The Balaban J connectivity index is 2.66. The summed E-state index contributed by atoms with van der Waals surface area (Å²) < 4.78 is 5.33. The van der Waals surface area contributed by atoms with Crippen molar-refractivity contribution in [2.24, 2.45) is 0 Å². The minimum Gasteiger partial charge on any atom is -0.496 e. The highest BCUT2D eigenvalue weighted by Gasteiger charge is 2.13. The summed E-state index contributed by atoms with van der Waals surface area (Å²) in [6, 6.07) is 4.31. The molecule has 1 aromatic rings. The second kappa shape index (κ2) is 6.21. The van der Waals surface area contributed by atoms with Crippen LogP contribution >= 0.6 is 0 Å². The van der Waals surface area contributed by atoms with Crippen LogP contribution in [0.15, 0.2) is 12.1 Å². The van der Waals surface area contributed by atoms with Crippen molar-refractivity contribution in [3.05, 3.63) is 28.8 Å². The highest BCUT2D eigenvalue weighted by atomic mass is 16.5. The Morgan fingerprint density at radius 3 is 2.39 bits per heavy atom. The van der Waals surface area contributed by atoms with E-state index in [0.717, 1.165) is 18.8 Å². The molecule has 0 heterocycles. The first-order chi connectivity index (χ1) is 8.39. The summed E-state index contributed by atoms with van der Waals surface area (Å²) in [5.74, 6) is 0.965. The normalized spacial score (nSPS) is 11.7. The van der Waals surface area contributed by atoms with Gasteiger partial charge >= 0.3 is 0 Å². The molecule has 3 nitrogen and oxygen atoms in total. The monoisotopic (exact) mass is 250 g/mol. The van der Waals surface area contributed by atoms with Crippen LogP contribution in [0.2, 0.25) is 0 Å². The van der Waals surface area contributed by atoms with E-state index in [1.54, 1.807) is 7.11 Å². The fraction of sp³-hybridized carbons (Fsp3) is 0.600. The Morgan fingerprint density at radius 1 is 1.17 bits per heavy atom. The van der Waals surface area contributed by atoms with Crippen molar-refractivity contribution < 1.29 is 4.74 Å². The second-order valence-corrected chi connectivity index (χ2v) is 5.49. The molecule has 0 atom stereocenters. The van der Waals surface area contributed by atoms with E-state index in [1.165, 1.54) is 16.7 Å². The number of methoxy groups -OCH3 is 1. The van der Waals surface area contributed by atoms with Crippen molar-refractivity contribution in [2.45, 2.75) is 39.8 Å². The first-order valence-corrected chi connectivity index (χ1v) is 6.43. The number of nitrogens with one attached hydrogen (secondary N) is 2. The van der Waals surface area contributed by atoms with Gasteiger partial charge in [-0.3, -0.25) is 0 Å².